The van der Waals surface area contributed by atoms with Gasteiger partial charge >= 0.3 is 12.2 Å². The van der Waals surface area contributed by atoms with E-state index >= 15 is 0 Å². The van der Waals surface area contributed by atoms with Crippen LogP contribution in [0.5, 0.6) is 5.75 Å². The van der Waals surface area contributed by atoms with Crippen molar-refractivity contribution >= 4 is 56.7 Å². The van der Waals surface area contributed by atoms with Crippen LogP contribution in [0.15, 0.2) is 63.8 Å². The van der Waals surface area contributed by atoms with Crippen molar-refractivity contribution in [3.8, 4) is 5.75 Å². The highest BCUT2D eigenvalue weighted by molar-refractivity contribution is 9.10. The zero-order valence-electron chi connectivity index (χ0n) is 22.3. The lowest BCUT2D eigenvalue weighted by Crippen LogP contribution is -2.49. The van der Waals surface area contributed by atoms with Gasteiger partial charge < -0.3 is 25.0 Å². The van der Waals surface area contributed by atoms with Gasteiger partial charge in [0.05, 0.1) is 13.1 Å². The molecule has 0 aliphatic carbocycles. The first-order valence-corrected chi connectivity index (χ1v) is 15.2. The number of nitrogens with zero attached hydrogens (tertiary/aromatic N) is 1. The van der Waals surface area contributed by atoms with Gasteiger partial charge in [-0.15, -0.1) is 22.7 Å². The average Bonchev–Trinajstić information content (AvgIpc) is 3.57. The fourth-order valence-electron chi connectivity index (χ4n) is 3.63. The summed E-state index contributed by atoms with van der Waals surface area (Å²) < 4.78 is 11.6. The van der Waals surface area contributed by atoms with E-state index in [0.717, 1.165) is 14.2 Å². The minimum Gasteiger partial charge on any atom is -0.444 e. The van der Waals surface area contributed by atoms with E-state index in [9.17, 15) is 14.4 Å². The normalized spacial score (nSPS) is 11.9. The Kier molecular flexibility index (Phi) is 11.8. The molecule has 0 bridgehead atoms. The Hall–Kier alpha value is -2.89. The monoisotopic (exact) mass is 635 g/mol. The summed E-state index contributed by atoms with van der Waals surface area (Å²) in [5.74, 6) is 0.268. The number of amides is 3. The second-order valence-electron chi connectivity index (χ2n) is 9.82. The third-order valence-corrected chi connectivity index (χ3v) is 7.62. The van der Waals surface area contributed by atoms with Crippen molar-refractivity contribution < 1.29 is 23.9 Å². The molecule has 0 saturated heterocycles. The minimum absolute atomic E-state index is 0.176. The maximum absolute atomic E-state index is 13.8. The van der Waals surface area contributed by atoms with Crippen molar-refractivity contribution in [3.63, 3.8) is 0 Å². The lowest BCUT2D eigenvalue weighted by molar-refractivity contribution is -0.134. The Balaban J connectivity index is 1.59. The molecule has 3 amide bonds. The number of benzene rings is 1. The molecule has 0 saturated carbocycles. The number of alkyl carbamates (subject to hydrolysis) is 1. The topological polar surface area (TPSA) is 97.0 Å². The number of thiophene rings is 2. The first kappa shape index (κ1) is 30.6. The fourth-order valence-corrected chi connectivity index (χ4v) is 5.33. The van der Waals surface area contributed by atoms with Crippen LogP contribution in [-0.4, -0.2) is 41.2 Å². The Morgan fingerprint density at radius 3 is 2.08 bits per heavy atom. The summed E-state index contributed by atoms with van der Waals surface area (Å²) in [6.07, 6.45) is 0.410. The van der Waals surface area contributed by atoms with Crippen molar-refractivity contribution in [1.29, 1.82) is 0 Å². The van der Waals surface area contributed by atoms with Crippen molar-refractivity contribution in [2.24, 2.45) is 0 Å². The molecule has 0 aliphatic rings. The third-order valence-electron chi connectivity index (χ3n) is 5.37. The summed E-state index contributed by atoms with van der Waals surface area (Å²) in [5, 5.41) is 9.47. The Bertz CT molecular complexity index is 1140. The van der Waals surface area contributed by atoms with E-state index < -0.39 is 23.8 Å². The molecule has 2 N–H and O–H groups in total. The lowest BCUT2D eigenvalue weighted by Gasteiger charge is -2.28. The highest BCUT2D eigenvalue weighted by atomic mass is 79.9. The van der Waals surface area contributed by atoms with Gasteiger partial charge in [0, 0.05) is 20.8 Å². The second kappa shape index (κ2) is 15.0. The second-order valence-corrected chi connectivity index (χ2v) is 12.8. The van der Waals surface area contributed by atoms with Crippen LogP contribution in [0.3, 0.4) is 0 Å². The van der Waals surface area contributed by atoms with E-state index in [1.165, 1.54) is 0 Å². The highest BCUT2D eigenvalue weighted by Crippen LogP contribution is 2.20. The minimum atomic E-state index is -0.769. The van der Waals surface area contributed by atoms with Crippen molar-refractivity contribution in [3.05, 3.63) is 73.5 Å². The first-order valence-electron chi connectivity index (χ1n) is 12.6. The van der Waals surface area contributed by atoms with Gasteiger partial charge in [-0.2, -0.15) is 0 Å². The van der Waals surface area contributed by atoms with Crippen LogP contribution in [-0.2, 0) is 22.6 Å². The average molecular weight is 637 g/mol. The van der Waals surface area contributed by atoms with E-state index in [1.807, 2.05) is 35.0 Å². The van der Waals surface area contributed by atoms with Crippen LogP contribution in [0, 0.1) is 0 Å². The Labute approximate surface area is 245 Å². The third kappa shape index (κ3) is 11.4. The molecule has 39 heavy (non-hydrogen) atoms. The molecule has 11 heteroatoms. The summed E-state index contributed by atoms with van der Waals surface area (Å²) in [4.78, 5) is 42.4. The number of halogens is 1. The molecule has 1 atom stereocenters. The van der Waals surface area contributed by atoms with Gasteiger partial charge in [0.2, 0.25) is 5.91 Å². The zero-order chi connectivity index (χ0) is 28.3. The van der Waals surface area contributed by atoms with Crippen LogP contribution in [0.4, 0.5) is 9.59 Å². The Morgan fingerprint density at radius 2 is 1.54 bits per heavy atom. The summed E-state index contributed by atoms with van der Waals surface area (Å²) in [6.45, 7) is 6.61. The van der Waals surface area contributed by atoms with E-state index in [1.54, 1.807) is 72.6 Å². The summed E-state index contributed by atoms with van der Waals surface area (Å²) in [6, 6.07) is 14.1. The van der Waals surface area contributed by atoms with E-state index in [4.69, 9.17) is 9.47 Å². The van der Waals surface area contributed by atoms with Crippen LogP contribution >= 0.6 is 38.6 Å². The standard InChI is InChI=1S/C28H34BrN3O5S2/c1-28(2,3)37-27(35)31-24(10-4-5-15-30-26(34)36-21-13-11-20(29)12-14-21)25(33)32(18-22-8-6-16-38-22)19-23-9-7-17-39-23/h6-9,11-14,16-17,24H,4-5,10,15,18-19H2,1-3H3,(H,30,34)(H,31,35)/t24-/m0/s1. The molecule has 2 aromatic heterocycles. The van der Waals surface area contributed by atoms with Crippen LogP contribution in [0.2, 0.25) is 0 Å². The molecular formula is C28H34BrN3O5S2. The Morgan fingerprint density at radius 1 is 0.923 bits per heavy atom. The highest BCUT2D eigenvalue weighted by Gasteiger charge is 2.28. The van der Waals surface area contributed by atoms with Gasteiger partial charge in [-0.1, -0.05) is 28.1 Å². The van der Waals surface area contributed by atoms with Gasteiger partial charge in [-0.25, -0.2) is 9.59 Å². The molecule has 8 nitrogen and oxygen atoms in total. The molecule has 210 valence electrons. The number of hydrogen-bond donors (Lipinski definition) is 2. The molecule has 2 heterocycles. The molecule has 3 rings (SSSR count). The van der Waals surface area contributed by atoms with Crippen LogP contribution in [0.25, 0.3) is 0 Å². The number of ether oxygens (including phenoxy) is 2. The number of carbonyl (C=O) groups is 3. The summed E-state index contributed by atoms with van der Waals surface area (Å²) in [5.41, 5.74) is -0.690. The first-order chi connectivity index (χ1) is 18.6. The molecule has 0 unspecified atom stereocenters. The predicted octanol–water partition coefficient (Wildman–Crippen LogP) is 6.95. The van der Waals surface area contributed by atoms with Crippen molar-refractivity contribution in [2.75, 3.05) is 6.54 Å². The number of rotatable bonds is 12. The molecule has 1 aromatic carbocycles. The van der Waals surface area contributed by atoms with Gasteiger partial charge in [0.1, 0.15) is 17.4 Å². The quantitative estimate of drug-likeness (QED) is 0.210. The number of unbranched alkanes of at least 4 members (excludes halogenated alkanes) is 1. The van der Waals surface area contributed by atoms with Crippen molar-refractivity contribution in [1.82, 2.24) is 15.5 Å². The van der Waals surface area contributed by atoms with Gasteiger partial charge in [0.15, 0.2) is 0 Å². The number of nitrogens with one attached hydrogen (secondary N) is 2. The maximum Gasteiger partial charge on any atom is 0.412 e. The molecule has 0 radical (unpaired) electrons. The lowest BCUT2D eigenvalue weighted by atomic mass is 10.1. The summed E-state index contributed by atoms with van der Waals surface area (Å²) >= 11 is 6.52. The fraction of sp³-hybridized carbons (Fsp3) is 0.393. The van der Waals surface area contributed by atoms with E-state index in [0.29, 0.717) is 44.6 Å². The SMILES string of the molecule is CC(C)(C)OC(=O)N[C@@H](CCCCNC(=O)Oc1ccc(Br)cc1)C(=O)N(Cc1cccs1)Cc1cccs1. The predicted molar refractivity (Wildman–Crippen MR) is 158 cm³/mol. The van der Waals surface area contributed by atoms with Gasteiger partial charge in [-0.3, -0.25) is 4.79 Å². The molecule has 0 aliphatic heterocycles. The zero-order valence-corrected chi connectivity index (χ0v) is 25.5. The van der Waals surface area contributed by atoms with Gasteiger partial charge in [-0.05, 0) is 87.2 Å². The summed E-state index contributed by atoms with van der Waals surface area (Å²) in [7, 11) is 0. The molecule has 3 aromatic rings. The van der Waals surface area contributed by atoms with E-state index in [-0.39, 0.29) is 5.91 Å². The van der Waals surface area contributed by atoms with Crippen LogP contribution < -0.4 is 15.4 Å². The van der Waals surface area contributed by atoms with Gasteiger partial charge in [0.25, 0.3) is 0 Å². The molecule has 0 fully saturated rings. The van der Waals surface area contributed by atoms with Crippen LogP contribution in [0.1, 0.15) is 49.8 Å². The van der Waals surface area contributed by atoms with E-state index in [2.05, 4.69) is 26.6 Å². The maximum atomic E-state index is 13.8. The molecular weight excluding hydrogens is 602 g/mol. The number of carbonyl (C=O) groups excluding carboxylic acids is 3. The largest absolute Gasteiger partial charge is 0.444 e. The van der Waals surface area contributed by atoms with Crippen molar-refractivity contribution in [2.45, 2.75) is 64.8 Å². The smallest absolute Gasteiger partial charge is 0.412 e. The molecule has 0 spiro atoms. The number of hydrogen-bond acceptors (Lipinski definition) is 7.